The maximum absolute atomic E-state index is 11.2. The first-order valence-corrected chi connectivity index (χ1v) is 5.77. The molecule has 1 fully saturated rings. The van der Waals surface area contributed by atoms with E-state index < -0.39 is 21.7 Å². The molecule has 1 aliphatic heterocycles. The van der Waals surface area contributed by atoms with Gasteiger partial charge in [-0.15, -0.1) is 0 Å². The lowest BCUT2D eigenvalue weighted by atomic mass is 10.0. The molecule has 4 nitrogen and oxygen atoms in total. The van der Waals surface area contributed by atoms with Gasteiger partial charge in [0.25, 0.3) is 0 Å². The molecule has 5 heteroatoms. The number of aliphatic hydroxyl groups is 1. The summed E-state index contributed by atoms with van der Waals surface area (Å²) in [5, 5.41) is 9.48. The fourth-order valence-corrected chi connectivity index (χ4v) is 3.05. The average molecular weight is 193 g/mol. The predicted molar refractivity (Wildman–Crippen MR) is 46.3 cm³/mol. The largest absolute Gasteiger partial charge is 0.391 e. The average Bonchev–Trinajstić information content (AvgIpc) is 2.06. The summed E-state index contributed by atoms with van der Waals surface area (Å²) < 4.78 is 23.8. The molecule has 0 aromatic heterocycles. The van der Waals surface area contributed by atoms with Crippen LogP contribution in [0.15, 0.2) is 0 Å². The molecule has 0 saturated carbocycles. The number of rotatable bonds is 1. The van der Waals surface area contributed by atoms with Gasteiger partial charge in [-0.1, -0.05) is 0 Å². The smallest absolute Gasteiger partial charge is 0.211 e. The minimum Gasteiger partial charge on any atom is -0.391 e. The Hall–Kier alpha value is -0.130. The number of nitrogens with zero attached hydrogens (tertiary/aromatic N) is 1. The summed E-state index contributed by atoms with van der Waals surface area (Å²) in [5.41, 5.74) is -0.645. The fraction of sp³-hybridized carbons (Fsp3) is 1.00. The van der Waals surface area contributed by atoms with Gasteiger partial charge in [0.1, 0.15) is 0 Å². The Morgan fingerprint density at radius 2 is 2.00 bits per heavy atom. The number of hydrogen-bond acceptors (Lipinski definition) is 3. The molecule has 12 heavy (non-hydrogen) atoms. The molecule has 1 unspecified atom stereocenters. The van der Waals surface area contributed by atoms with Crippen LogP contribution in [0, 0.1) is 0 Å². The topological polar surface area (TPSA) is 57.6 Å². The second kappa shape index (κ2) is 2.68. The molecule has 0 aromatic carbocycles. The molecule has 72 valence electrons. The fourth-order valence-electron chi connectivity index (χ4n) is 1.64. The number of hydrogen-bond donors (Lipinski definition) is 1. The second-order valence-electron chi connectivity index (χ2n) is 3.79. The SMILES string of the molecule is CC1(C)C(O)CCN1S(C)(=O)=O. The third-order valence-corrected chi connectivity index (χ3v) is 3.92. The van der Waals surface area contributed by atoms with E-state index in [2.05, 4.69) is 0 Å². The van der Waals surface area contributed by atoms with Crippen molar-refractivity contribution in [3.8, 4) is 0 Å². The first-order valence-electron chi connectivity index (χ1n) is 3.92. The van der Waals surface area contributed by atoms with E-state index in [0.29, 0.717) is 13.0 Å². The Morgan fingerprint density at radius 1 is 1.50 bits per heavy atom. The highest BCUT2D eigenvalue weighted by Crippen LogP contribution is 2.30. The van der Waals surface area contributed by atoms with Crippen molar-refractivity contribution < 1.29 is 13.5 Å². The van der Waals surface area contributed by atoms with Crippen molar-refractivity contribution in [2.45, 2.75) is 31.9 Å². The summed E-state index contributed by atoms with van der Waals surface area (Å²) in [6.07, 6.45) is 1.15. The maximum Gasteiger partial charge on any atom is 0.211 e. The van der Waals surface area contributed by atoms with Gasteiger partial charge in [0, 0.05) is 6.54 Å². The predicted octanol–water partition coefficient (Wildman–Crippen LogP) is -0.209. The quantitative estimate of drug-likeness (QED) is 0.627. The van der Waals surface area contributed by atoms with E-state index in [-0.39, 0.29) is 0 Å². The third kappa shape index (κ3) is 1.48. The van der Waals surface area contributed by atoms with Crippen molar-refractivity contribution in [3.63, 3.8) is 0 Å². The summed E-state index contributed by atoms with van der Waals surface area (Å²) in [6, 6.07) is 0. The molecule has 0 bridgehead atoms. The molecule has 0 aromatic rings. The van der Waals surface area contributed by atoms with Crippen molar-refractivity contribution in [3.05, 3.63) is 0 Å². The molecule has 1 rings (SSSR count). The molecule has 1 aliphatic rings. The van der Waals surface area contributed by atoms with Gasteiger partial charge in [-0.05, 0) is 20.3 Å². The number of aliphatic hydroxyl groups excluding tert-OH is 1. The van der Waals surface area contributed by atoms with E-state index >= 15 is 0 Å². The Bertz CT molecular complexity index is 270. The molecule has 0 radical (unpaired) electrons. The summed E-state index contributed by atoms with van der Waals surface area (Å²) in [6.45, 7) is 3.91. The van der Waals surface area contributed by atoms with Crippen LogP contribution < -0.4 is 0 Å². The van der Waals surface area contributed by atoms with Crippen LogP contribution in [0.3, 0.4) is 0 Å². The van der Waals surface area contributed by atoms with Crippen molar-refractivity contribution in [2.75, 3.05) is 12.8 Å². The standard InChI is InChI=1S/C7H15NO3S/c1-7(2)6(9)4-5-8(7)12(3,10)11/h6,9H,4-5H2,1-3H3. The van der Waals surface area contributed by atoms with Crippen molar-refractivity contribution in [1.29, 1.82) is 0 Å². The Labute approximate surface area is 73.2 Å². The zero-order valence-corrected chi connectivity index (χ0v) is 8.43. The van der Waals surface area contributed by atoms with Gasteiger partial charge in [-0.3, -0.25) is 0 Å². The molecule has 1 N–H and O–H groups in total. The van der Waals surface area contributed by atoms with Crippen LogP contribution in [0.25, 0.3) is 0 Å². The molecule has 1 atom stereocenters. The van der Waals surface area contributed by atoms with E-state index in [1.54, 1.807) is 13.8 Å². The Morgan fingerprint density at radius 3 is 2.17 bits per heavy atom. The molecule has 0 spiro atoms. The van der Waals surface area contributed by atoms with Crippen LogP contribution in [-0.4, -0.2) is 42.3 Å². The van der Waals surface area contributed by atoms with Gasteiger partial charge in [0.2, 0.25) is 10.0 Å². The summed E-state index contributed by atoms with van der Waals surface area (Å²) >= 11 is 0. The highest BCUT2D eigenvalue weighted by atomic mass is 32.2. The van der Waals surface area contributed by atoms with Crippen LogP contribution in [0.5, 0.6) is 0 Å². The first kappa shape index (κ1) is 9.95. The molecular formula is C7H15NO3S. The van der Waals surface area contributed by atoms with E-state index in [1.807, 2.05) is 0 Å². The molecule has 0 aliphatic carbocycles. The van der Waals surface area contributed by atoms with E-state index in [1.165, 1.54) is 10.6 Å². The molecule has 1 heterocycles. The monoisotopic (exact) mass is 193 g/mol. The van der Waals surface area contributed by atoms with Crippen LogP contribution in [-0.2, 0) is 10.0 Å². The van der Waals surface area contributed by atoms with E-state index in [4.69, 9.17) is 0 Å². The normalized spacial score (nSPS) is 30.8. The lowest BCUT2D eigenvalue weighted by Crippen LogP contribution is -2.47. The van der Waals surface area contributed by atoms with Crippen molar-refractivity contribution >= 4 is 10.0 Å². The van der Waals surface area contributed by atoms with Crippen molar-refractivity contribution in [2.24, 2.45) is 0 Å². The zero-order valence-electron chi connectivity index (χ0n) is 7.61. The number of sulfonamides is 1. The van der Waals surface area contributed by atoms with Gasteiger partial charge >= 0.3 is 0 Å². The van der Waals surface area contributed by atoms with Crippen LogP contribution >= 0.6 is 0 Å². The van der Waals surface area contributed by atoms with Crippen molar-refractivity contribution in [1.82, 2.24) is 4.31 Å². The van der Waals surface area contributed by atoms with Gasteiger partial charge in [0.15, 0.2) is 0 Å². The lowest BCUT2D eigenvalue weighted by molar-refractivity contribution is 0.0904. The van der Waals surface area contributed by atoms with Gasteiger partial charge in [0.05, 0.1) is 17.9 Å². The first-order chi connectivity index (χ1) is 5.26. The summed E-state index contributed by atoms with van der Waals surface area (Å²) in [5.74, 6) is 0. The minimum atomic E-state index is -3.17. The zero-order chi connectivity index (χ0) is 9.57. The highest BCUT2D eigenvalue weighted by Gasteiger charge is 2.44. The molecule has 1 saturated heterocycles. The van der Waals surface area contributed by atoms with Gasteiger partial charge in [-0.25, -0.2) is 8.42 Å². The third-order valence-electron chi connectivity index (χ3n) is 2.46. The Balaban J connectivity index is 2.98. The summed E-state index contributed by atoms with van der Waals surface area (Å²) in [4.78, 5) is 0. The maximum atomic E-state index is 11.2. The van der Waals surface area contributed by atoms with E-state index in [0.717, 1.165) is 0 Å². The second-order valence-corrected chi connectivity index (χ2v) is 5.70. The summed E-state index contributed by atoms with van der Waals surface area (Å²) in [7, 11) is -3.17. The van der Waals surface area contributed by atoms with Gasteiger partial charge < -0.3 is 5.11 Å². The lowest BCUT2D eigenvalue weighted by Gasteiger charge is -2.31. The minimum absolute atomic E-state index is 0.424. The van der Waals surface area contributed by atoms with E-state index in [9.17, 15) is 13.5 Å². The highest BCUT2D eigenvalue weighted by molar-refractivity contribution is 7.88. The molecule has 0 amide bonds. The molecular weight excluding hydrogens is 178 g/mol. The van der Waals surface area contributed by atoms with Gasteiger partial charge in [-0.2, -0.15) is 4.31 Å². The Kier molecular flexibility index (Phi) is 2.22. The van der Waals surface area contributed by atoms with Crippen LogP contribution in [0.1, 0.15) is 20.3 Å². The van der Waals surface area contributed by atoms with Crippen LogP contribution in [0.4, 0.5) is 0 Å². The van der Waals surface area contributed by atoms with Crippen LogP contribution in [0.2, 0.25) is 0 Å².